The van der Waals surface area contributed by atoms with Crippen molar-refractivity contribution < 1.29 is 22.8 Å². The summed E-state index contributed by atoms with van der Waals surface area (Å²) in [6.07, 6.45) is -4.53. The van der Waals surface area contributed by atoms with Crippen LogP contribution in [0.25, 0.3) is 0 Å². The zero-order valence-corrected chi connectivity index (χ0v) is 13.9. The molecule has 0 bridgehead atoms. The molecule has 0 radical (unpaired) electrons. The molecule has 1 aromatic carbocycles. The second kappa shape index (κ2) is 6.68. The predicted molar refractivity (Wildman–Crippen MR) is 80.2 cm³/mol. The molecular formula is C14H16BrF3N2O2. The molecular weight excluding hydrogens is 365 g/mol. The zero-order chi connectivity index (χ0) is 17.1. The number of rotatable bonds is 3. The molecule has 0 unspecified atom stereocenters. The quantitative estimate of drug-likeness (QED) is 0.841. The van der Waals surface area contributed by atoms with Crippen molar-refractivity contribution in [2.75, 3.05) is 11.9 Å². The standard InChI is InChI=1S/C14H16BrF3N2O2/c1-13(2,3)12(22)19-7-11(21)20-8-4-5-10(15)9(6-8)14(16,17)18/h4-6H,7H2,1-3H3,(H,19,22)(H,20,21). The van der Waals surface area contributed by atoms with Crippen molar-refractivity contribution in [2.45, 2.75) is 26.9 Å². The third-order valence-electron chi connectivity index (χ3n) is 2.65. The Morgan fingerprint density at radius 1 is 1.18 bits per heavy atom. The van der Waals surface area contributed by atoms with Gasteiger partial charge in [0.05, 0.1) is 12.1 Å². The minimum Gasteiger partial charge on any atom is -0.347 e. The molecule has 0 aliphatic carbocycles. The lowest BCUT2D eigenvalue weighted by molar-refractivity contribution is -0.138. The summed E-state index contributed by atoms with van der Waals surface area (Å²) in [5, 5.41) is 4.73. The molecule has 0 saturated carbocycles. The van der Waals surface area contributed by atoms with Crippen LogP contribution in [0.3, 0.4) is 0 Å². The summed E-state index contributed by atoms with van der Waals surface area (Å²) in [5.74, 6) is -0.928. The molecule has 2 amide bonds. The second-order valence-corrected chi connectivity index (χ2v) is 6.53. The van der Waals surface area contributed by atoms with E-state index in [1.54, 1.807) is 20.8 Å². The molecule has 2 N–H and O–H groups in total. The number of amides is 2. The van der Waals surface area contributed by atoms with Crippen molar-refractivity contribution >= 4 is 33.4 Å². The van der Waals surface area contributed by atoms with E-state index in [1.807, 2.05) is 0 Å². The van der Waals surface area contributed by atoms with E-state index in [0.717, 1.165) is 6.07 Å². The van der Waals surface area contributed by atoms with Gasteiger partial charge in [-0.3, -0.25) is 9.59 Å². The fraction of sp³-hybridized carbons (Fsp3) is 0.429. The number of carbonyl (C=O) groups excluding carboxylic acids is 2. The normalized spacial score (nSPS) is 12.0. The Bertz CT molecular complexity index is 580. The maximum Gasteiger partial charge on any atom is 0.417 e. The summed E-state index contributed by atoms with van der Waals surface area (Å²) in [5.41, 5.74) is -1.53. The van der Waals surface area contributed by atoms with Gasteiger partial charge in [0.25, 0.3) is 0 Å². The highest BCUT2D eigenvalue weighted by Gasteiger charge is 2.33. The van der Waals surface area contributed by atoms with E-state index in [9.17, 15) is 22.8 Å². The van der Waals surface area contributed by atoms with Crippen LogP contribution in [-0.4, -0.2) is 18.4 Å². The van der Waals surface area contributed by atoms with E-state index in [1.165, 1.54) is 12.1 Å². The number of carbonyl (C=O) groups is 2. The Morgan fingerprint density at radius 3 is 2.27 bits per heavy atom. The minimum atomic E-state index is -4.53. The van der Waals surface area contributed by atoms with Crippen LogP contribution in [-0.2, 0) is 15.8 Å². The number of hydrogen-bond donors (Lipinski definition) is 2. The lowest BCUT2D eigenvalue weighted by Gasteiger charge is -2.17. The summed E-state index contributed by atoms with van der Waals surface area (Å²) >= 11 is 2.81. The first kappa shape index (κ1) is 18.5. The summed E-state index contributed by atoms with van der Waals surface area (Å²) < 4.78 is 38.1. The van der Waals surface area contributed by atoms with Gasteiger partial charge >= 0.3 is 6.18 Å². The van der Waals surface area contributed by atoms with Crippen LogP contribution < -0.4 is 10.6 Å². The molecule has 1 rings (SSSR count). The summed E-state index contributed by atoms with van der Waals surface area (Å²) in [7, 11) is 0. The predicted octanol–water partition coefficient (Wildman–Crippen LogP) is 3.57. The third kappa shape index (κ3) is 5.32. The van der Waals surface area contributed by atoms with Crippen LogP contribution in [0.5, 0.6) is 0 Å². The zero-order valence-electron chi connectivity index (χ0n) is 12.3. The van der Waals surface area contributed by atoms with Crippen LogP contribution in [0.2, 0.25) is 0 Å². The monoisotopic (exact) mass is 380 g/mol. The average Bonchev–Trinajstić information content (AvgIpc) is 2.35. The summed E-state index contributed by atoms with van der Waals surface area (Å²) in [4.78, 5) is 23.3. The van der Waals surface area contributed by atoms with Crippen LogP contribution >= 0.6 is 15.9 Å². The molecule has 1 aromatic rings. The first-order valence-corrected chi connectivity index (χ1v) is 7.15. The molecule has 0 fully saturated rings. The number of hydrogen-bond acceptors (Lipinski definition) is 2. The first-order valence-electron chi connectivity index (χ1n) is 6.36. The molecule has 4 nitrogen and oxygen atoms in total. The molecule has 0 aromatic heterocycles. The Hall–Kier alpha value is -1.57. The Labute approximate surface area is 134 Å². The molecule has 0 atom stereocenters. The topological polar surface area (TPSA) is 58.2 Å². The minimum absolute atomic E-state index is 0.00512. The number of halogens is 4. The maximum absolute atomic E-state index is 12.8. The second-order valence-electron chi connectivity index (χ2n) is 5.67. The fourth-order valence-electron chi connectivity index (χ4n) is 1.45. The Kier molecular flexibility index (Phi) is 5.61. The SMILES string of the molecule is CC(C)(C)C(=O)NCC(=O)Nc1ccc(Br)c(C(F)(F)F)c1. The van der Waals surface area contributed by atoms with Crippen molar-refractivity contribution in [3.63, 3.8) is 0 Å². The van der Waals surface area contributed by atoms with Crippen molar-refractivity contribution in [2.24, 2.45) is 5.41 Å². The van der Waals surface area contributed by atoms with Crippen molar-refractivity contribution in [1.82, 2.24) is 5.32 Å². The van der Waals surface area contributed by atoms with Crippen molar-refractivity contribution in [3.8, 4) is 0 Å². The van der Waals surface area contributed by atoms with Crippen molar-refractivity contribution in [1.29, 1.82) is 0 Å². The van der Waals surface area contributed by atoms with Gasteiger partial charge in [0, 0.05) is 15.6 Å². The number of nitrogens with one attached hydrogen (secondary N) is 2. The van der Waals surface area contributed by atoms with E-state index in [0.29, 0.717) is 0 Å². The van der Waals surface area contributed by atoms with Gasteiger partial charge in [-0.2, -0.15) is 13.2 Å². The maximum atomic E-state index is 12.8. The first-order chi connectivity index (χ1) is 9.91. The Morgan fingerprint density at radius 2 is 1.77 bits per heavy atom. The Balaban J connectivity index is 2.72. The fourth-order valence-corrected chi connectivity index (χ4v) is 1.92. The van der Waals surface area contributed by atoms with Gasteiger partial charge in [-0.05, 0) is 18.2 Å². The molecule has 0 aliphatic rings. The van der Waals surface area contributed by atoms with Gasteiger partial charge in [-0.25, -0.2) is 0 Å². The van der Waals surface area contributed by atoms with Gasteiger partial charge in [-0.1, -0.05) is 36.7 Å². The lowest BCUT2D eigenvalue weighted by atomic mass is 9.96. The molecule has 22 heavy (non-hydrogen) atoms. The van der Waals surface area contributed by atoms with Crippen LogP contribution in [0.15, 0.2) is 22.7 Å². The van der Waals surface area contributed by atoms with Crippen LogP contribution in [0.4, 0.5) is 18.9 Å². The average molecular weight is 381 g/mol. The van der Waals surface area contributed by atoms with E-state index in [2.05, 4.69) is 26.6 Å². The van der Waals surface area contributed by atoms with E-state index >= 15 is 0 Å². The number of alkyl halides is 3. The largest absolute Gasteiger partial charge is 0.417 e. The molecule has 0 heterocycles. The van der Waals surface area contributed by atoms with E-state index < -0.39 is 23.1 Å². The van der Waals surface area contributed by atoms with Crippen LogP contribution in [0, 0.1) is 5.41 Å². The van der Waals surface area contributed by atoms with Gasteiger partial charge in [0.2, 0.25) is 11.8 Å². The highest BCUT2D eigenvalue weighted by atomic mass is 79.9. The van der Waals surface area contributed by atoms with Gasteiger partial charge in [-0.15, -0.1) is 0 Å². The van der Waals surface area contributed by atoms with Gasteiger partial charge < -0.3 is 10.6 Å². The number of anilines is 1. The lowest BCUT2D eigenvalue weighted by Crippen LogP contribution is -2.39. The highest BCUT2D eigenvalue weighted by Crippen LogP contribution is 2.36. The third-order valence-corrected chi connectivity index (χ3v) is 3.34. The molecule has 8 heteroatoms. The molecule has 122 valence electrons. The summed E-state index contributed by atoms with van der Waals surface area (Å²) in [6, 6.07) is 3.36. The van der Waals surface area contributed by atoms with Crippen LogP contribution in [0.1, 0.15) is 26.3 Å². The number of benzene rings is 1. The molecule has 0 spiro atoms. The van der Waals surface area contributed by atoms with Gasteiger partial charge in [0.15, 0.2) is 0 Å². The van der Waals surface area contributed by atoms with Gasteiger partial charge in [0.1, 0.15) is 0 Å². The van der Waals surface area contributed by atoms with Crippen molar-refractivity contribution in [3.05, 3.63) is 28.2 Å². The van der Waals surface area contributed by atoms with E-state index in [-0.39, 0.29) is 22.6 Å². The molecule has 0 saturated heterocycles. The molecule has 0 aliphatic heterocycles. The van der Waals surface area contributed by atoms with E-state index in [4.69, 9.17) is 0 Å². The smallest absolute Gasteiger partial charge is 0.347 e. The highest BCUT2D eigenvalue weighted by molar-refractivity contribution is 9.10. The summed E-state index contributed by atoms with van der Waals surface area (Å²) in [6.45, 7) is 4.74.